The fourth-order valence-corrected chi connectivity index (χ4v) is 6.02. The monoisotopic (exact) mass is 304 g/mol. The van der Waals surface area contributed by atoms with E-state index in [1.807, 2.05) is 0 Å². The Hall–Kier alpha value is -0.630. The van der Waals surface area contributed by atoms with Crippen molar-refractivity contribution < 1.29 is 9.90 Å². The van der Waals surface area contributed by atoms with Crippen molar-refractivity contribution >= 4 is 5.78 Å². The van der Waals surface area contributed by atoms with E-state index in [1.165, 1.54) is 25.7 Å². The van der Waals surface area contributed by atoms with Crippen LogP contribution in [-0.4, -0.2) is 17.0 Å². The molecule has 0 spiro atoms. The van der Waals surface area contributed by atoms with E-state index in [2.05, 4.69) is 40.3 Å². The fourth-order valence-electron chi connectivity index (χ4n) is 6.02. The van der Waals surface area contributed by atoms with Gasteiger partial charge in [-0.2, -0.15) is 0 Å². The summed E-state index contributed by atoms with van der Waals surface area (Å²) in [6, 6.07) is 0. The van der Waals surface area contributed by atoms with E-state index in [4.69, 9.17) is 0 Å². The Kier molecular flexibility index (Phi) is 3.64. The number of carbonyl (C=O) groups is 1. The molecule has 22 heavy (non-hydrogen) atoms. The zero-order valence-corrected chi connectivity index (χ0v) is 14.7. The Morgan fingerprint density at radius 2 is 1.82 bits per heavy atom. The summed E-state index contributed by atoms with van der Waals surface area (Å²) in [7, 11) is 0. The first-order valence-corrected chi connectivity index (χ1v) is 8.98. The van der Waals surface area contributed by atoms with E-state index in [1.54, 1.807) is 0 Å². The minimum Gasteiger partial charge on any atom is -0.385 e. The zero-order valence-electron chi connectivity index (χ0n) is 14.7. The van der Waals surface area contributed by atoms with Gasteiger partial charge in [0.05, 0.1) is 0 Å². The van der Waals surface area contributed by atoms with E-state index in [-0.39, 0.29) is 22.0 Å². The smallest absolute Gasteiger partial charge is 0.162 e. The first-order valence-electron chi connectivity index (χ1n) is 8.98. The first-order chi connectivity index (χ1) is 10.1. The highest BCUT2D eigenvalue weighted by Gasteiger charge is 2.59. The van der Waals surface area contributed by atoms with Crippen LogP contribution in [-0.2, 0) is 4.79 Å². The van der Waals surface area contributed by atoms with Crippen LogP contribution < -0.4 is 0 Å². The van der Waals surface area contributed by atoms with E-state index >= 15 is 0 Å². The van der Waals surface area contributed by atoms with Gasteiger partial charge in [-0.3, -0.25) is 4.79 Å². The summed E-state index contributed by atoms with van der Waals surface area (Å²) in [5, 5.41) is 10.4. The predicted octanol–water partition coefficient (Wildman–Crippen LogP) is 4.37. The van der Waals surface area contributed by atoms with Gasteiger partial charge in [-0.15, -0.1) is 6.58 Å². The van der Waals surface area contributed by atoms with Crippen LogP contribution in [0.4, 0.5) is 0 Å². The topological polar surface area (TPSA) is 37.3 Å². The van der Waals surface area contributed by atoms with Crippen molar-refractivity contribution in [2.75, 3.05) is 0 Å². The Bertz CT molecular complexity index is 494. The van der Waals surface area contributed by atoms with Gasteiger partial charge in [0.25, 0.3) is 0 Å². The van der Waals surface area contributed by atoms with Crippen molar-refractivity contribution in [1.29, 1.82) is 0 Å². The molecular weight excluding hydrogens is 272 g/mol. The number of Topliss-reactive ketones (excluding diaryl/α,β-unsaturated/α-hetero) is 1. The van der Waals surface area contributed by atoms with Crippen LogP contribution in [0.2, 0.25) is 0 Å². The van der Waals surface area contributed by atoms with Crippen molar-refractivity contribution in [3.63, 3.8) is 0 Å². The number of allylic oxidation sites excluding steroid dienone is 1. The van der Waals surface area contributed by atoms with E-state index < -0.39 is 6.10 Å². The van der Waals surface area contributed by atoms with Gasteiger partial charge >= 0.3 is 0 Å². The SMILES string of the molecule is C=C[C@]1(C)CC[C@]2(C)[C@H](CC[C@@H]3[C@H]2CC(=O)[C@H](O)C3(C)C)C1. The van der Waals surface area contributed by atoms with Crippen LogP contribution in [0.15, 0.2) is 12.7 Å². The highest BCUT2D eigenvalue weighted by atomic mass is 16.3. The molecule has 0 aromatic rings. The molecule has 0 bridgehead atoms. The Morgan fingerprint density at radius 3 is 2.45 bits per heavy atom. The number of aliphatic hydroxyl groups excluding tert-OH is 1. The lowest BCUT2D eigenvalue weighted by Crippen LogP contribution is -2.59. The lowest BCUT2D eigenvalue weighted by atomic mass is 9.43. The number of hydrogen-bond donors (Lipinski definition) is 1. The standard InChI is InChI=1S/C20H32O2/c1-6-19(4)9-10-20(5)13(12-19)7-8-14-15(20)11-16(21)17(22)18(14,2)3/h6,13-15,17,22H,1,7-12H2,2-5H3/t13-,14-,15-,17+,19-,20-/m1/s1. The second-order valence-electron chi connectivity index (χ2n) is 9.45. The third-order valence-corrected chi connectivity index (χ3v) is 7.92. The van der Waals surface area contributed by atoms with Crippen molar-refractivity contribution in [3.05, 3.63) is 12.7 Å². The summed E-state index contributed by atoms with van der Waals surface area (Å²) in [6.07, 6.45) is 7.97. The molecule has 2 heteroatoms. The van der Waals surface area contributed by atoms with Gasteiger partial charge in [-0.25, -0.2) is 0 Å². The number of ketones is 1. The second kappa shape index (κ2) is 4.93. The minimum atomic E-state index is -0.768. The molecule has 3 saturated carbocycles. The van der Waals surface area contributed by atoms with Gasteiger partial charge in [0, 0.05) is 11.8 Å². The van der Waals surface area contributed by atoms with Gasteiger partial charge < -0.3 is 5.11 Å². The van der Waals surface area contributed by atoms with Crippen LogP contribution >= 0.6 is 0 Å². The molecule has 6 atom stereocenters. The van der Waals surface area contributed by atoms with Crippen molar-refractivity contribution in [2.24, 2.45) is 34.0 Å². The van der Waals surface area contributed by atoms with Gasteiger partial charge in [-0.05, 0) is 60.7 Å². The third kappa shape index (κ3) is 2.13. The van der Waals surface area contributed by atoms with Crippen LogP contribution in [0.25, 0.3) is 0 Å². The summed E-state index contributed by atoms with van der Waals surface area (Å²) in [4.78, 5) is 12.4. The van der Waals surface area contributed by atoms with Crippen LogP contribution in [0, 0.1) is 34.0 Å². The van der Waals surface area contributed by atoms with Gasteiger partial charge in [0.2, 0.25) is 0 Å². The molecule has 0 aromatic carbocycles. The quantitative estimate of drug-likeness (QED) is 0.730. The number of rotatable bonds is 1. The van der Waals surface area contributed by atoms with Crippen LogP contribution in [0.5, 0.6) is 0 Å². The number of aliphatic hydroxyl groups is 1. The summed E-state index contributed by atoms with van der Waals surface area (Å²) < 4.78 is 0. The van der Waals surface area contributed by atoms with Crippen molar-refractivity contribution in [2.45, 2.75) is 72.3 Å². The molecule has 3 fully saturated rings. The molecule has 3 aliphatic carbocycles. The lowest BCUT2D eigenvalue weighted by molar-refractivity contribution is -0.169. The van der Waals surface area contributed by atoms with Crippen LogP contribution in [0.3, 0.4) is 0 Å². The summed E-state index contributed by atoms with van der Waals surface area (Å²) in [5.74, 6) is 1.70. The zero-order chi connectivity index (χ0) is 16.3. The summed E-state index contributed by atoms with van der Waals surface area (Å²) in [5.41, 5.74) is 0.260. The molecule has 3 aliphatic rings. The number of fused-ring (bicyclic) bond motifs is 3. The van der Waals surface area contributed by atoms with Crippen LogP contribution in [0.1, 0.15) is 66.2 Å². The minimum absolute atomic E-state index is 0.0742. The van der Waals surface area contributed by atoms with Gasteiger partial charge in [0.15, 0.2) is 5.78 Å². The first kappa shape index (κ1) is 16.2. The molecule has 0 aromatic heterocycles. The molecule has 3 rings (SSSR count). The van der Waals surface area contributed by atoms with Crippen molar-refractivity contribution in [1.82, 2.24) is 0 Å². The van der Waals surface area contributed by atoms with Crippen molar-refractivity contribution in [3.8, 4) is 0 Å². The average Bonchev–Trinajstić information content (AvgIpc) is 2.47. The molecule has 124 valence electrons. The largest absolute Gasteiger partial charge is 0.385 e. The lowest BCUT2D eigenvalue weighted by Gasteiger charge is -2.61. The predicted molar refractivity (Wildman–Crippen MR) is 89.4 cm³/mol. The second-order valence-corrected chi connectivity index (χ2v) is 9.45. The number of carbonyl (C=O) groups excluding carboxylic acids is 1. The average molecular weight is 304 g/mol. The maximum absolute atomic E-state index is 12.4. The molecule has 0 unspecified atom stereocenters. The molecule has 0 heterocycles. The summed E-state index contributed by atoms with van der Waals surface area (Å²) >= 11 is 0. The molecule has 0 amide bonds. The van der Waals surface area contributed by atoms with Gasteiger partial charge in [-0.1, -0.05) is 33.8 Å². The van der Waals surface area contributed by atoms with E-state index in [0.717, 1.165) is 6.42 Å². The van der Waals surface area contributed by atoms with E-state index in [9.17, 15) is 9.90 Å². The molecular formula is C20H32O2. The highest BCUT2D eigenvalue weighted by molar-refractivity contribution is 5.85. The Labute approximate surface area is 135 Å². The maximum atomic E-state index is 12.4. The maximum Gasteiger partial charge on any atom is 0.162 e. The molecule has 0 saturated heterocycles. The molecule has 0 aliphatic heterocycles. The van der Waals surface area contributed by atoms with Gasteiger partial charge in [0.1, 0.15) is 6.10 Å². The Balaban J connectivity index is 1.93. The highest BCUT2D eigenvalue weighted by Crippen LogP contribution is 2.64. The third-order valence-electron chi connectivity index (χ3n) is 7.92. The normalized spacial score (nSPS) is 50.9. The molecule has 1 N–H and O–H groups in total. The Morgan fingerprint density at radius 1 is 1.14 bits per heavy atom. The van der Waals surface area contributed by atoms with E-state index in [0.29, 0.717) is 24.2 Å². The fraction of sp³-hybridized carbons (Fsp3) is 0.850. The number of hydrogen-bond acceptors (Lipinski definition) is 2. The molecule has 2 nitrogen and oxygen atoms in total. The molecule has 0 radical (unpaired) electrons. The summed E-state index contributed by atoms with van der Waals surface area (Å²) in [6.45, 7) is 13.0.